The lowest BCUT2D eigenvalue weighted by Gasteiger charge is -2.47. The highest BCUT2D eigenvalue weighted by atomic mass is 32.2. The van der Waals surface area contributed by atoms with Gasteiger partial charge in [0.1, 0.15) is 6.04 Å². The number of amides is 2. The second kappa shape index (κ2) is 15.6. The Bertz CT molecular complexity index is 1430. The molecule has 0 radical (unpaired) electrons. The quantitative estimate of drug-likeness (QED) is 0.255. The van der Waals surface area contributed by atoms with Crippen molar-refractivity contribution in [3.63, 3.8) is 0 Å². The Balaban J connectivity index is 1.60. The van der Waals surface area contributed by atoms with E-state index in [1.54, 1.807) is 18.3 Å². The van der Waals surface area contributed by atoms with Crippen LogP contribution in [-0.4, -0.2) is 89.1 Å². The summed E-state index contributed by atoms with van der Waals surface area (Å²) in [6.07, 6.45) is 7.41. The van der Waals surface area contributed by atoms with Gasteiger partial charge in [0.05, 0.1) is 28.6 Å². The van der Waals surface area contributed by atoms with Gasteiger partial charge >= 0.3 is 0 Å². The number of fused-ring (bicyclic) bond motifs is 1. The Labute approximate surface area is 281 Å². The molecule has 2 heterocycles. The second-order valence-electron chi connectivity index (χ2n) is 15.1. The van der Waals surface area contributed by atoms with Crippen LogP contribution in [0.1, 0.15) is 78.0 Å². The number of hydrogen-bond acceptors (Lipinski definition) is 8. The molecule has 0 spiro atoms. The van der Waals surface area contributed by atoms with E-state index in [0.717, 1.165) is 31.1 Å². The molecule has 11 heteroatoms. The van der Waals surface area contributed by atoms with E-state index < -0.39 is 44.2 Å². The van der Waals surface area contributed by atoms with E-state index in [2.05, 4.69) is 25.8 Å². The molecule has 2 fully saturated rings. The number of benzene rings is 1. The van der Waals surface area contributed by atoms with Crippen molar-refractivity contribution < 1.29 is 23.1 Å². The summed E-state index contributed by atoms with van der Waals surface area (Å²) in [6.45, 7) is 10.1. The van der Waals surface area contributed by atoms with Crippen LogP contribution in [0.5, 0.6) is 0 Å². The van der Waals surface area contributed by atoms with Crippen molar-refractivity contribution in [2.75, 3.05) is 19.3 Å². The number of nitrogens with zero attached hydrogens (tertiary/aromatic N) is 2. The van der Waals surface area contributed by atoms with E-state index in [0.29, 0.717) is 30.5 Å². The maximum absolute atomic E-state index is 14.1. The number of aliphatic hydroxyl groups is 1. The minimum Gasteiger partial charge on any atom is -0.390 e. The van der Waals surface area contributed by atoms with Gasteiger partial charge in [0, 0.05) is 37.6 Å². The highest BCUT2D eigenvalue weighted by molar-refractivity contribution is 7.92. The summed E-state index contributed by atoms with van der Waals surface area (Å²) < 4.78 is 24.5. The van der Waals surface area contributed by atoms with Crippen LogP contribution in [-0.2, 0) is 32.4 Å². The van der Waals surface area contributed by atoms with Gasteiger partial charge in [-0.3, -0.25) is 24.8 Å². The summed E-state index contributed by atoms with van der Waals surface area (Å²) in [5.74, 6) is 0.389. The van der Waals surface area contributed by atoms with Crippen LogP contribution in [0.15, 0.2) is 54.7 Å². The first-order valence-electron chi connectivity index (χ1n) is 17.0. The van der Waals surface area contributed by atoms with E-state index in [1.807, 2.05) is 57.2 Å². The lowest BCUT2D eigenvalue weighted by atomic mass is 9.72. The lowest BCUT2D eigenvalue weighted by Crippen LogP contribution is -2.63. The van der Waals surface area contributed by atoms with E-state index in [9.17, 15) is 23.1 Å². The monoisotopic (exact) mass is 669 g/mol. The van der Waals surface area contributed by atoms with Gasteiger partial charge in [-0.2, -0.15) is 0 Å². The molecule has 4 rings (SSSR count). The third kappa shape index (κ3) is 10.1. The minimum absolute atomic E-state index is 0.0361. The van der Waals surface area contributed by atoms with Crippen molar-refractivity contribution in [3.05, 3.63) is 66.0 Å². The molecule has 2 aromatic rings. The van der Waals surface area contributed by atoms with Crippen molar-refractivity contribution in [3.8, 4) is 0 Å². The van der Waals surface area contributed by atoms with Crippen LogP contribution in [0.4, 0.5) is 0 Å². The highest BCUT2D eigenvalue weighted by Gasteiger charge is 2.45. The zero-order valence-electron chi connectivity index (χ0n) is 28.9. The zero-order valence-corrected chi connectivity index (χ0v) is 29.7. The van der Waals surface area contributed by atoms with Gasteiger partial charge in [0.2, 0.25) is 11.8 Å². The Kier molecular flexibility index (Phi) is 12.2. The Hall–Kier alpha value is -2.86. The molecule has 1 saturated heterocycles. The molecular weight excluding hydrogens is 614 g/mol. The maximum Gasteiger partial charge on any atom is 0.239 e. The minimum atomic E-state index is -3.69. The van der Waals surface area contributed by atoms with Crippen LogP contribution >= 0.6 is 0 Å². The van der Waals surface area contributed by atoms with Crippen LogP contribution < -0.4 is 16.0 Å². The molecule has 10 nitrogen and oxygen atoms in total. The number of pyridine rings is 1. The van der Waals surface area contributed by atoms with Crippen LogP contribution in [0, 0.1) is 11.8 Å². The SMILES string of the molecule is CC(C)(C)NC(=O)[C@@H]1C[C@@H]2CCCC[C@@H]2CN1C[C@@H](O)[C@H](Cc1ccccc1)NC(=O)[C@@H](NCc1ccccn1)C(C)(C)S(C)(=O)=O. The number of aromatic nitrogens is 1. The van der Waals surface area contributed by atoms with Gasteiger partial charge in [0.25, 0.3) is 0 Å². The molecule has 0 bridgehead atoms. The average Bonchev–Trinajstić information content (AvgIpc) is 3.00. The fourth-order valence-electron chi connectivity index (χ4n) is 6.99. The number of nitrogens with one attached hydrogen (secondary N) is 3. The van der Waals surface area contributed by atoms with Crippen LogP contribution in [0.3, 0.4) is 0 Å². The van der Waals surface area contributed by atoms with Gasteiger partial charge in [0.15, 0.2) is 9.84 Å². The molecule has 1 aromatic carbocycles. The number of rotatable bonds is 13. The Morgan fingerprint density at radius 1 is 1.00 bits per heavy atom. The van der Waals surface area contributed by atoms with Crippen LogP contribution in [0.2, 0.25) is 0 Å². The number of carbonyl (C=O) groups excluding carboxylic acids is 2. The smallest absolute Gasteiger partial charge is 0.239 e. The summed E-state index contributed by atoms with van der Waals surface area (Å²) in [6, 6.07) is 12.8. The van der Waals surface area contributed by atoms with Gasteiger partial charge in [-0.25, -0.2) is 8.42 Å². The predicted octanol–water partition coefficient (Wildman–Crippen LogP) is 3.25. The first-order chi connectivity index (χ1) is 22.0. The third-order valence-electron chi connectivity index (χ3n) is 9.94. The first-order valence-corrected chi connectivity index (χ1v) is 18.9. The molecular formula is C36H55N5O5S. The van der Waals surface area contributed by atoms with Crippen molar-refractivity contribution in [1.29, 1.82) is 0 Å². The summed E-state index contributed by atoms with van der Waals surface area (Å²) >= 11 is 0. The standard InChI is InChI=1S/C36H55N5O5S/c1-35(2,3)40-33(43)30-21-26-16-10-11-17-27(26)23-41(30)24-31(42)29(20-25-14-8-7-9-15-25)39-34(44)32(36(4,5)47(6,45)46)38-22-28-18-12-13-19-37-28/h7-9,12-15,18-19,26-27,29-32,38,42H,10-11,16-17,20-24H2,1-6H3,(H,39,44)(H,40,43)/t26-,27+,29-,30-,31+,32+/m0/s1. The van der Waals surface area contributed by atoms with E-state index in [4.69, 9.17) is 0 Å². The number of carbonyl (C=O) groups is 2. The number of β-amino-alcohol motifs (C(OH)–C–C–N with tert-alkyl or cyclic N) is 1. The summed E-state index contributed by atoms with van der Waals surface area (Å²) in [5.41, 5.74) is 1.20. The molecule has 1 saturated carbocycles. The molecule has 0 unspecified atom stereocenters. The Morgan fingerprint density at radius 2 is 1.66 bits per heavy atom. The topological polar surface area (TPSA) is 141 Å². The van der Waals surface area contributed by atoms with Crippen molar-refractivity contribution in [1.82, 2.24) is 25.8 Å². The molecule has 1 aromatic heterocycles. The molecule has 1 aliphatic heterocycles. The molecule has 6 atom stereocenters. The number of aliphatic hydroxyl groups excluding tert-OH is 1. The Morgan fingerprint density at radius 3 is 2.28 bits per heavy atom. The van der Waals surface area contributed by atoms with Crippen molar-refractivity contribution >= 4 is 21.7 Å². The van der Waals surface area contributed by atoms with Crippen molar-refractivity contribution in [2.45, 2.75) is 114 Å². The summed E-state index contributed by atoms with van der Waals surface area (Å²) in [4.78, 5) is 34.2. The molecule has 2 amide bonds. The first kappa shape index (κ1) is 37.0. The second-order valence-corrected chi connectivity index (χ2v) is 17.7. The fourth-order valence-corrected chi connectivity index (χ4v) is 7.61. The normalized spacial score (nSPS) is 22.8. The third-order valence-corrected chi connectivity index (χ3v) is 12.1. The molecule has 2 aliphatic rings. The van der Waals surface area contributed by atoms with Gasteiger partial charge in [-0.15, -0.1) is 0 Å². The molecule has 260 valence electrons. The molecule has 47 heavy (non-hydrogen) atoms. The van der Waals surface area contributed by atoms with Gasteiger partial charge < -0.3 is 15.7 Å². The number of likely N-dealkylation sites (tertiary alicyclic amines) is 1. The summed E-state index contributed by atoms with van der Waals surface area (Å²) in [5, 5.41) is 21.3. The fraction of sp³-hybridized carbons (Fsp3) is 0.639. The van der Waals surface area contributed by atoms with Gasteiger partial charge in [-0.1, -0.05) is 55.7 Å². The number of hydrogen-bond donors (Lipinski definition) is 4. The lowest BCUT2D eigenvalue weighted by molar-refractivity contribution is -0.133. The summed E-state index contributed by atoms with van der Waals surface area (Å²) in [7, 11) is -3.69. The van der Waals surface area contributed by atoms with Crippen LogP contribution in [0.25, 0.3) is 0 Å². The maximum atomic E-state index is 14.1. The number of sulfone groups is 1. The van der Waals surface area contributed by atoms with E-state index >= 15 is 0 Å². The van der Waals surface area contributed by atoms with Gasteiger partial charge in [-0.05, 0) is 83.4 Å². The highest BCUT2D eigenvalue weighted by Crippen LogP contribution is 2.39. The molecule has 1 aliphatic carbocycles. The predicted molar refractivity (Wildman–Crippen MR) is 185 cm³/mol. The average molecular weight is 670 g/mol. The zero-order chi connectivity index (χ0) is 34.4. The largest absolute Gasteiger partial charge is 0.390 e. The molecule has 4 N–H and O–H groups in total. The number of piperidine rings is 1. The van der Waals surface area contributed by atoms with E-state index in [-0.39, 0.29) is 25.0 Å². The van der Waals surface area contributed by atoms with E-state index in [1.165, 1.54) is 26.7 Å². The van der Waals surface area contributed by atoms with Crippen molar-refractivity contribution in [2.24, 2.45) is 11.8 Å².